The molecule has 0 aliphatic carbocycles. The van der Waals surface area contributed by atoms with E-state index in [2.05, 4.69) is 6.58 Å². The van der Waals surface area contributed by atoms with Crippen molar-refractivity contribution in [3.05, 3.63) is 36.9 Å². The average Bonchev–Trinajstić information content (AvgIpc) is 2.57. The maximum absolute atomic E-state index is 10.7. The number of thioether (sulfide) groups is 1. The first-order chi connectivity index (χ1) is 7.72. The molecule has 0 atom stereocenters. The summed E-state index contributed by atoms with van der Waals surface area (Å²) in [6.45, 7) is 4.31. The van der Waals surface area contributed by atoms with Crippen molar-refractivity contribution in [2.45, 2.75) is 10.9 Å². The molecule has 3 nitrogen and oxygen atoms in total. The fourth-order valence-electron chi connectivity index (χ4n) is 1.47. The Kier molecular flexibility index (Phi) is 3.26. The van der Waals surface area contributed by atoms with Gasteiger partial charge >= 0.3 is 9.64 Å². The molecular formula is C11H10NO2S2+. The Bertz CT molecular complexity index is 548. The van der Waals surface area contributed by atoms with Crippen LogP contribution in [0.4, 0.5) is 4.79 Å². The molecule has 0 aliphatic rings. The summed E-state index contributed by atoms with van der Waals surface area (Å²) in [7, 11) is 0. The van der Waals surface area contributed by atoms with E-state index in [1.807, 2.05) is 28.8 Å². The zero-order valence-corrected chi connectivity index (χ0v) is 10.1. The predicted molar refractivity (Wildman–Crippen MR) is 66.1 cm³/mol. The summed E-state index contributed by atoms with van der Waals surface area (Å²) < 4.78 is 3.83. The molecule has 0 aliphatic heterocycles. The first kappa shape index (κ1) is 11.2. The van der Waals surface area contributed by atoms with E-state index in [0.29, 0.717) is 6.54 Å². The number of hydrogen-bond donors (Lipinski definition) is 1. The number of hydrogen-bond acceptors (Lipinski definition) is 3. The minimum absolute atomic E-state index is 0.625. The van der Waals surface area contributed by atoms with E-state index in [-0.39, 0.29) is 0 Å². The van der Waals surface area contributed by atoms with Crippen molar-refractivity contribution < 1.29 is 14.5 Å². The van der Waals surface area contributed by atoms with Gasteiger partial charge in [0.25, 0.3) is 0 Å². The van der Waals surface area contributed by atoms with Crippen LogP contribution in [0.3, 0.4) is 0 Å². The maximum atomic E-state index is 10.7. The van der Waals surface area contributed by atoms with Crippen molar-refractivity contribution in [2.24, 2.45) is 0 Å². The third-order valence-electron chi connectivity index (χ3n) is 2.06. The smallest absolute Gasteiger partial charge is 0.376 e. The van der Waals surface area contributed by atoms with E-state index in [4.69, 9.17) is 5.11 Å². The van der Waals surface area contributed by atoms with E-state index >= 15 is 0 Å². The lowest BCUT2D eigenvalue weighted by molar-refractivity contribution is -0.692. The number of carbonyl (C=O) groups is 1. The van der Waals surface area contributed by atoms with Gasteiger partial charge in [-0.3, -0.25) is 0 Å². The number of fused-ring (bicyclic) bond motifs is 1. The molecule has 0 spiro atoms. The zero-order chi connectivity index (χ0) is 11.5. The molecule has 82 valence electrons. The molecule has 0 saturated carbocycles. The molecule has 0 unspecified atom stereocenters. The van der Waals surface area contributed by atoms with Crippen molar-refractivity contribution in [3.63, 3.8) is 0 Å². The summed E-state index contributed by atoms with van der Waals surface area (Å²) in [5.74, 6) is 0. The summed E-state index contributed by atoms with van der Waals surface area (Å²) >= 11 is 2.33. The lowest BCUT2D eigenvalue weighted by atomic mass is 10.3. The predicted octanol–water partition coefficient (Wildman–Crippen LogP) is 3.14. The van der Waals surface area contributed by atoms with Crippen LogP contribution < -0.4 is 4.57 Å². The van der Waals surface area contributed by atoms with Gasteiger partial charge in [0, 0.05) is 6.07 Å². The first-order valence-corrected chi connectivity index (χ1v) is 6.28. The highest BCUT2D eigenvalue weighted by Crippen LogP contribution is 2.28. The van der Waals surface area contributed by atoms with Crippen molar-refractivity contribution in [1.82, 2.24) is 0 Å². The second-order valence-electron chi connectivity index (χ2n) is 3.10. The van der Waals surface area contributed by atoms with Gasteiger partial charge in [-0.05, 0) is 12.1 Å². The van der Waals surface area contributed by atoms with Gasteiger partial charge in [-0.1, -0.05) is 30.0 Å². The Morgan fingerprint density at radius 3 is 3.00 bits per heavy atom. The Labute approximate surface area is 101 Å². The third-order valence-corrected chi connectivity index (χ3v) is 4.09. The van der Waals surface area contributed by atoms with Crippen molar-refractivity contribution in [2.75, 3.05) is 0 Å². The number of nitrogens with zero attached hydrogens (tertiary/aromatic N) is 1. The third kappa shape index (κ3) is 2.10. The molecule has 1 heterocycles. The van der Waals surface area contributed by atoms with Crippen LogP contribution in [0.5, 0.6) is 0 Å². The van der Waals surface area contributed by atoms with Crippen LogP contribution in [-0.4, -0.2) is 10.4 Å². The molecule has 1 aromatic heterocycles. The quantitative estimate of drug-likeness (QED) is 0.518. The maximum Gasteiger partial charge on any atom is 0.376 e. The highest BCUT2D eigenvalue weighted by molar-refractivity contribution is 8.14. The van der Waals surface area contributed by atoms with E-state index in [1.165, 1.54) is 11.3 Å². The number of para-hydroxylation sites is 1. The van der Waals surface area contributed by atoms with Crippen LogP contribution >= 0.6 is 23.1 Å². The molecule has 2 rings (SSSR count). The first-order valence-electron chi connectivity index (χ1n) is 4.65. The SMILES string of the molecule is C=CC[n+]1c(SC(=O)O)sc2ccccc21. The molecule has 1 aromatic carbocycles. The van der Waals surface area contributed by atoms with Gasteiger partial charge in [-0.15, -0.1) is 0 Å². The number of rotatable bonds is 3. The minimum Gasteiger partial charge on any atom is -0.473 e. The second-order valence-corrected chi connectivity index (χ2v) is 5.33. The van der Waals surface area contributed by atoms with Gasteiger partial charge < -0.3 is 5.11 Å². The number of aromatic nitrogens is 1. The van der Waals surface area contributed by atoms with E-state index in [0.717, 1.165) is 26.3 Å². The molecule has 0 fully saturated rings. The Morgan fingerprint density at radius 2 is 2.31 bits per heavy atom. The molecule has 0 bridgehead atoms. The molecule has 0 radical (unpaired) electrons. The fraction of sp³-hybridized carbons (Fsp3) is 0.0909. The molecule has 1 N–H and O–H groups in total. The van der Waals surface area contributed by atoms with Crippen LogP contribution in [0.15, 0.2) is 41.3 Å². The topological polar surface area (TPSA) is 41.2 Å². The monoisotopic (exact) mass is 252 g/mol. The molecule has 0 amide bonds. The van der Waals surface area contributed by atoms with Crippen LogP contribution in [0.2, 0.25) is 0 Å². The lowest BCUT2D eigenvalue weighted by Crippen LogP contribution is -2.33. The highest BCUT2D eigenvalue weighted by Gasteiger charge is 2.22. The summed E-state index contributed by atoms with van der Waals surface area (Å²) in [4.78, 5) is 10.7. The van der Waals surface area contributed by atoms with Crippen LogP contribution in [0.25, 0.3) is 10.2 Å². The Morgan fingerprint density at radius 1 is 1.56 bits per heavy atom. The summed E-state index contributed by atoms with van der Waals surface area (Å²) in [5.41, 5.74) is 1.05. The van der Waals surface area contributed by atoms with Crippen molar-refractivity contribution in [1.29, 1.82) is 0 Å². The van der Waals surface area contributed by atoms with E-state index < -0.39 is 5.30 Å². The summed E-state index contributed by atoms with van der Waals surface area (Å²) in [5, 5.41) is 7.93. The van der Waals surface area contributed by atoms with Crippen molar-refractivity contribution >= 4 is 38.6 Å². The standard InChI is InChI=1S/C11H9NO2S2/c1-2-7-12-8-5-3-4-6-9(8)15-10(12)16-11(13)14/h2-6H,1,7H2/p+1. The molecule has 0 saturated heterocycles. The van der Waals surface area contributed by atoms with Gasteiger partial charge in [0.2, 0.25) is 5.52 Å². The van der Waals surface area contributed by atoms with Gasteiger partial charge in [0.05, 0.1) is 11.8 Å². The average molecular weight is 252 g/mol. The second kappa shape index (κ2) is 4.67. The minimum atomic E-state index is -0.885. The van der Waals surface area contributed by atoms with Gasteiger partial charge in [-0.2, -0.15) is 4.57 Å². The largest absolute Gasteiger partial charge is 0.473 e. The summed E-state index contributed by atoms with van der Waals surface area (Å²) in [6.07, 6.45) is 1.77. The Hall–Kier alpha value is -1.33. The number of benzene rings is 1. The van der Waals surface area contributed by atoms with Crippen LogP contribution in [-0.2, 0) is 6.54 Å². The molecule has 16 heavy (non-hydrogen) atoms. The summed E-state index contributed by atoms with van der Waals surface area (Å²) in [6, 6.07) is 7.88. The van der Waals surface area contributed by atoms with Gasteiger partial charge in [0.15, 0.2) is 6.54 Å². The van der Waals surface area contributed by atoms with Crippen molar-refractivity contribution in [3.8, 4) is 0 Å². The molecule has 2 aromatic rings. The fourth-order valence-corrected chi connectivity index (χ4v) is 3.45. The number of carboxylic acid groups (broad SMARTS) is 1. The number of thiazole rings is 1. The van der Waals surface area contributed by atoms with E-state index in [9.17, 15) is 4.79 Å². The van der Waals surface area contributed by atoms with Gasteiger partial charge in [0.1, 0.15) is 4.70 Å². The van der Waals surface area contributed by atoms with Crippen LogP contribution in [0.1, 0.15) is 0 Å². The van der Waals surface area contributed by atoms with E-state index in [1.54, 1.807) is 6.08 Å². The lowest BCUT2D eigenvalue weighted by Gasteiger charge is -1.92. The number of allylic oxidation sites excluding steroid dienone is 1. The molecular weight excluding hydrogens is 242 g/mol. The highest BCUT2D eigenvalue weighted by atomic mass is 32.2. The zero-order valence-electron chi connectivity index (χ0n) is 8.42. The Balaban J connectivity index is 2.57. The normalized spacial score (nSPS) is 10.5. The van der Waals surface area contributed by atoms with Gasteiger partial charge in [-0.25, -0.2) is 4.79 Å². The van der Waals surface area contributed by atoms with Crippen LogP contribution in [0, 0.1) is 0 Å². The molecule has 5 heteroatoms.